The molecule has 0 spiro atoms. The summed E-state index contributed by atoms with van der Waals surface area (Å²) in [5, 5.41) is 8.35. The predicted molar refractivity (Wildman–Crippen MR) is 80.6 cm³/mol. The summed E-state index contributed by atoms with van der Waals surface area (Å²) < 4.78 is 15.2. The van der Waals surface area contributed by atoms with E-state index in [0.717, 1.165) is 6.61 Å². The highest BCUT2D eigenvalue weighted by molar-refractivity contribution is 6.92. The molecule has 0 aromatic rings. The number of rotatable bonds is 11. The minimum absolute atomic E-state index is 0. The van der Waals surface area contributed by atoms with Crippen molar-refractivity contribution < 1.29 is 38.5 Å². The third-order valence-electron chi connectivity index (χ3n) is 1.29. The van der Waals surface area contributed by atoms with Gasteiger partial charge in [-0.2, -0.15) is 9.90 Å². The summed E-state index contributed by atoms with van der Waals surface area (Å²) in [6, 6.07) is 0. The summed E-state index contributed by atoms with van der Waals surface area (Å²) in [7, 11) is 0. The maximum Gasteiger partial charge on any atom is 0.182 e. The average molecular weight is 328 g/mol. The average Bonchev–Trinajstić information content (AvgIpc) is 2.50. The third kappa shape index (κ3) is 55.0. The van der Waals surface area contributed by atoms with Gasteiger partial charge in [0, 0.05) is 6.61 Å². The Bertz CT molecular complexity index is 179. The van der Waals surface area contributed by atoms with Crippen LogP contribution >= 0.6 is 9.90 Å². The van der Waals surface area contributed by atoms with Crippen LogP contribution < -0.4 is 0 Å². The molecule has 8 nitrogen and oxygen atoms in total. The zero-order valence-electron chi connectivity index (χ0n) is 12.3. The van der Waals surface area contributed by atoms with Crippen LogP contribution in [0.5, 0.6) is 0 Å². The van der Waals surface area contributed by atoms with E-state index in [0.29, 0.717) is 33.0 Å². The number of ether oxygens (including phenoxy) is 3. The first kappa shape index (κ1) is 28.2. The van der Waals surface area contributed by atoms with E-state index in [9.17, 15) is 0 Å². The van der Waals surface area contributed by atoms with Crippen LogP contribution in [-0.2, 0) is 33.4 Å². The first-order valence-corrected chi connectivity index (χ1v) is 5.86. The van der Waals surface area contributed by atoms with Crippen molar-refractivity contribution >= 4 is 35.0 Å². The second-order valence-electron chi connectivity index (χ2n) is 2.69. The van der Waals surface area contributed by atoms with Crippen LogP contribution in [0.3, 0.4) is 0 Å². The van der Waals surface area contributed by atoms with E-state index in [4.69, 9.17) is 38.5 Å². The lowest BCUT2D eigenvalue weighted by atomic mass is 10.7. The molecule has 0 aromatic carbocycles. The monoisotopic (exact) mass is 328 g/mol. The van der Waals surface area contributed by atoms with E-state index >= 15 is 0 Å². The normalized spacial score (nSPS) is 7.90. The van der Waals surface area contributed by atoms with Crippen LogP contribution in [0.4, 0.5) is 0 Å². The van der Waals surface area contributed by atoms with Gasteiger partial charge in [-0.3, -0.25) is 19.2 Å². The molecule has 0 rings (SSSR count). The lowest BCUT2D eigenvalue weighted by Crippen LogP contribution is -2.10. The molecule has 9 heteroatoms. The molecule has 0 fully saturated rings. The minimum Gasteiger partial charge on any atom is -0.394 e. The third-order valence-corrected chi connectivity index (χ3v) is 1.29. The molecule has 126 valence electrons. The summed E-state index contributed by atoms with van der Waals surface area (Å²) in [6.45, 7) is 5.47. The summed E-state index contributed by atoms with van der Waals surface area (Å²) in [4.78, 5) is 35.2. The smallest absolute Gasteiger partial charge is 0.182 e. The molecule has 21 heavy (non-hydrogen) atoms. The van der Waals surface area contributed by atoms with Gasteiger partial charge < -0.3 is 19.3 Å². The summed E-state index contributed by atoms with van der Waals surface area (Å²) in [5.41, 5.74) is 0. The minimum atomic E-state index is 0. The molecule has 0 aromatic heterocycles. The Hall–Kier alpha value is -1.05. The summed E-state index contributed by atoms with van der Waals surface area (Å²) in [6.07, 6.45) is 0.778. The maximum atomic E-state index is 8.81. The van der Waals surface area contributed by atoms with Gasteiger partial charge in [-0.1, -0.05) is 0 Å². The number of carbonyl (C=O) groups is 4. The fraction of sp³-hybridized carbons (Fsp3) is 0.667. The fourth-order valence-corrected chi connectivity index (χ4v) is 0.649. The first-order chi connectivity index (χ1) is 9.74. The van der Waals surface area contributed by atoms with Crippen LogP contribution in [-0.4, -0.2) is 76.5 Å². The van der Waals surface area contributed by atoms with Gasteiger partial charge >= 0.3 is 0 Å². The molecule has 1 atom stereocenters. The number of carbonyl (C=O) groups excluding carboxylic acids is 4. The van der Waals surface area contributed by atoms with Crippen LogP contribution in [0.2, 0.25) is 0 Å². The second-order valence-corrected chi connectivity index (χ2v) is 2.69. The van der Waals surface area contributed by atoms with E-state index in [2.05, 4.69) is 0 Å². The first-order valence-electron chi connectivity index (χ1n) is 5.86. The highest BCUT2D eigenvalue weighted by atomic mass is 31.0. The lowest BCUT2D eigenvalue weighted by molar-refractivity contribution is -0.122. The Kier molecular flexibility index (Phi) is 48.8. The van der Waals surface area contributed by atoms with Crippen molar-refractivity contribution in [1.82, 2.24) is 0 Å². The van der Waals surface area contributed by atoms with Gasteiger partial charge in [-0.05, 0) is 6.92 Å². The highest BCUT2D eigenvalue weighted by Gasteiger charge is 1.88. The number of aldehydes is 4. The fourth-order valence-electron chi connectivity index (χ4n) is 0.649. The summed E-state index contributed by atoms with van der Waals surface area (Å²) >= 11 is 0. The lowest BCUT2D eigenvalue weighted by Gasteiger charge is -2.04. The molecule has 0 aliphatic heterocycles. The van der Waals surface area contributed by atoms with E-state index in [1.54, 1.807) is 0 Å². The van der Waals surface area contributed by atoms with Gasteiger partial charge in [-0.15, -0.1) is 0 Å². The van der Waals surface area contributed by atoms with E-state index in [1.807, 2.05) is 6.92 Å². The zero-order chi connectivity index (χ0) is 15.9. The van der Waals surface area contributed by atoms with Crippen molar-refractivity contribution in [3.05, 3.63) is 0 Å². The van der Waals surface area contributed by atoms with Crippen LogP contribution in [0.15, 0.2) is 0 Å². The molecule has 0 amide bonds. The second kappa shape index (κ2) is 36.4. The van der Waals surface area contributed by atoms with E-state index < -0.39 is 0 Å². The molecule has 0 radical (unpaired) electrons. The van der Waals surface area contributed by atoms with E-state index in [1.165, 1.54) is 0 Å². The Morgan fingerprint density at radius 1 is 0.714 bits per heavy atom. The van der Waals surface area contributed by atoms with Crippen molar-refractivity contribution in [3.63, 3.8) is 0 Å². The molecule has 0 aliphatic rings. The number of hydrogen-bond acceptors (Lipinski definition) is 8. The van der Waals surface area contributed by atoms with Gasteiger partial charge in [0.2, 0.25) is 0 Å². The zero-order valence-corrected chi connectivity index (χ0v) is 13.7. The standard InChI is InChI=1S/C8H18O4.2C2H2O2.H3P/c1-2-10-5-6-12-8-7-11-4-3-9;2*3-1-2-4;/h9H,2-8H2,1H3;2*1-2H;1H3. The summed E-state index contributed by atoms with van der Waals surface area (Å²) in [5.74, 6) is 0. The number of hydrogen-bond donors (Lipinski definition) is 1. The van der Waals surface area contributed by atoms with E-state index in [-0.39, 0.29) is 41.7 Å². The number of aliphatic hydroxyl groups is 1. The molecule has 0 heterocycles. The molecular weight excluding hydrogens is 303 g/mol. The SMILES string of the molecule is CCOCCOCCOCCO.O=CC=O.O=CC=O.P. The van der Waals surface area contributed by atoms with Crippen LogP contribution in [0, 0.1) is 0 Å². The van der Waals surface area contributed by atoms with Crippen LogP contribution in [0.1, 0.15) is 6.92 Å². The van der Waals surface area contributed by atoms with Gasteiger partial charge in [0.1, 0.15) is 0 Å². The Morgan fingerprint density at radius 2 is 1.05 bits per heavy atom. The van der Waals surface area contributed by atoms with Crippen molar-refractivity contribution in [2.45, 2.75) is 6.92 Å². The van der Waals surface area contributed by atoms with Gasteiger partial charge in [0.05, 0.1) is 39.6 Å². The molecular formula is C12H25O8P. The van der Waals surface area contributed by atoms with Gasteiger partial charge in [-0.25, -0.2) is 0 Å². The Balaban J connectivity index is -0.000000134. The van der Waals surface area contributed by atoms with Crippen molar-refractivity contribution in [2.75, 3.05) is 46.2 Å². The highest BCUT2D eigenvalue weighted by Crippen LogP contribution is 1.79. The van der Waals surface area contributed by atoms with Crippen molar-refractivity contribution in [1.29, 1.82) is 0 Å². The predicted octanol–water partition coefficient (Wildman–Crippen LogP) is -1.13. The van der Waals surface area contributed by atoms with Crippen molar-refractivity contribution in [3.8, 4) is 0 Å². The Morgan fingerprint density at radius 3 is 1.33 bits per heavy atom. The van der Waals surface area contributed by atoms with Crippen LogP contribution in [0.25, 0.3) is 0 Å². The quantitative estimate of drug-likeness (QED) is 0.219. The number of aliphatic hydroxyl groups excluding tert-OH is 1. The maximum absolute atomic E-state index is 8.81. The Labute approximate surface area is 127 Å². The van der Waals surface area contributed by atoms with Gasteiger partial charge in [0.25, 0.3) is 0 Å². The van der Waals surface area contributed by atoms with Crippen molar-refractivity contribution in [2.24, 2.45) is 0 Å². The van der Waals surface area contributed by atoms with Gasteiger partial charge in [0.15, 0.2) is 25.1 Å². The topological polar surface area (TPSA) is 116 Å². The molecule has 0 saturated carbocycles. The largest absolute Gasteiger partial charge is 0.394 e. The molecule has 0 saturated heterocycles. The molecule has 0 aliphatic carbocycles. The molecule has 1 unspecified atom stereocenters. The molecule has 1 N–H and O–H groups in total. The molecule has 0 bridgehead atoms.